The van der Waals surface area contributed by atoms with Crippen molar-refractivity contribution in [2.45, 2.75) is 30.8 Å². The van der Waals surface area contributed by atoms with E-state index in [1.165, 1.54) is 19.3 Å². The summed E-state index contributed by atoms with van der Waals surface area (Å²) in [6.45, 7) is 0.931. The van der Waals surface area contributed by atoms with Gasteiger partial charge in [-0.3, -0.25) is 0 Å². The lowest BCUT2D eigenvalue weighted by Gasteiger charge is -2.33. The molecule has 2 radical (unpaired) electrons. The van der Waals surface area contributed by atoms with Gasteiger partial charge in [0.15, 0.2) is 0 Å². The molecule has 1 nitrogen and oxygen atoms in total. The molecule has 3 heteroatoms. The van der Waals surface area contributed by atoms with Crippen LogP contribution in [0.15, 0.2) is 0 Å². The van der Waals surface area contributed by atoms with E-state index in [0.717, 1.165) is 23.2 Å². The van der Waals surface area contributed by atoms with Crippen molar-refractivity contribution >= 4 is 18.1 Å². The molecule has 0 aromatic carbocycles. The topological polar surface area (TPSA) is 9.23 Å². The highest BCUT2D eigenvalue weighted by molar-refractivity contribution is 6.21. The van der Waals surface area contributed by atoms with Gasteiger partial charge in [0, 0.05) is 22.1 Å². The summed E-state index contributed by atoms with van der Waals surface area (Å²) >= 11 is 0. The monoisotopic (exact) mass is 140 g/mol. The van der Waals surface area contributed by atoms with Crippen molar-refractivity contribution < 1.29 is 4.74 Å². The van der Waals surface area contributed by atoms with E-state index in [2.05, 4.69) is 0 Å². The Bertz CT molecular complexity index is 91.1. The van der Waals surface area contributed by atoms with Crippen molar-refractivity contribution in [2.24, 2.45) is 0 Å². The van der Waals surface area contributed by atoms with Crippen LogP contribution < -0.4 is 0 Å². The molecule has 0 amide bonds. The first-order valence-electron chi connectivity index (χ1n) is 3.61. The van der Waals surface area contributed by atoms with Crippen LogP contribution in [0.25, 0.3) is 0 Å². The molecule has 1 aliphatic rings. The third-order valence-electron chi connectivity index (χ3n) is 1.98. The van der Waals surface area contributed by atoms with Crippen molar-refractivity contribution in [1.29, 1.82) is 0 Å². The van der Waals surface area contributed by atoms with Crippen LogP contribution in [0.3, 0.4) is 0 Å². The maximum Gasteiger partial charge on any atom is 0.0687 e. The molecule has 0 aliphatic carbocycles. The van der Waals surface area contributed by atoms with Crippen molar-refractivity contribution in [2.75, 3.05) is 6.61 Å². The molecule has 0 bridgehead atoms. The second-order valence-electron chi connectivity index (χ2n) is 2.96. The zero-order valence-electron chi connectivity index (χ0n) is 6.02. The van der Waals surface area contributed by atoms with Crippen molar-refractivity contribution in [3.63, 3.8) is 0 Å². The van der Waals surface area contributed by atoms with E-state index in [4.69, 9.17) is 12.6 Å². The van der Waals surface area contributed by atoms with Crippen LogP contribution in [0.1, 0.15) is 19.3 Å². The summed E-state index contributed by atoms with van der Waals surface area (Å²) in [5.41, 5.74) is 0. The van der Waals surface area contributed by atoms with Crippen LogP contribution in [0.4, 0.5) is 0 Å². The van der Waals surface area contributed by atoms with E-state index in [-0.39, 0.29) is 5.22 Å². The highest BCUT2D eigenvalue weighted by Crippen LogP contribution is 2.23. The van der Waals surface area contributed by atoms with Crippen LogP contribution in [0.5, 0.6) is 0 Å². The summed E-state index contributed by atoms with van der Waals surface area (Å²) in [5, 5.41) is 0.137. The SMILES string of the molecule is [B]CC1([SiH3])CCCCO1. The largest absolute Gasteiger partial charge is 0.380 e. The fraction of sp³-hybridized carbons (Fsp3) is 1.00. The predicted octanol–water partition coefficient (Wildman–Crippen LogP) is -0.165. The minimum Gasteiger partial charge on any atom is -0.380 e. The Morgan fingerprint density at radius 1 is 1.56 bits per heavy atom. The summed E-state index contributed by atoms with van der Waals surface area (Å²) in [6, 6.07) is 0. The van der Waals surface area contributed by atoms with Gasteiger partial charge in [0.1, 0.15) is 0 Å². The third kappa shape index (κ3) is 1.83. The van der Waals surface area contributed by atoms with E-state index in [1.54, 1.807) is 0 Å². The van der Waals surface area contributed by atoms with Crippen molar-refractivity contribution in [1.82, 2.24) is 0 Å². The van der Waals surface area contributed by atoms with Crippen LogP contribution >= 0.6 is 0 Å². The molecule has 9 heavy (non-hydrogen) atoms. The molecule has 1 saturated heterocycles. The van der Waals surface area contributed by atoms with Crippen LogP contribution in [0.2, 0.25) is 6.32 Å². The first-order valence-corrected chi connectivity index (χ1v) is 4.61. The van der Waals surface area contributed by atoms with Gasteiger partial charge in [-0.2, -0.15) is 0 Å². The summed E-state index contributed by atoms with van der Waals surface area (Å²) in [5.74, 6) is 0. The highest BCUT2D eigenvalue weighted by atomic mass is 28.1. The van der Waals surface area contributed by atoms with E-state index in [1.807, 2.05) is 0 Å². The first kappa shape index (κ1) is 7.35. The average Bonchev–Trinajstić information content (AvgIpc) is 1.90. The van der Waals surface area contributed by atoms with E-state index in [0.29, 0.717) is 0 Å². The normalized spacial score (nSPS) is 36.9. The number of hydrogen-bond acceptors (Lipinski definition) is 1. The summed E-state index contributed by atoms with van der Waals surface area (Å²) < 4.78 is 5.55. The molecule has 0 aromatic heterocycles. The van der Waals surface area contributed by atoms with Gasteiger partial charge >= 0.3 is 0 Å². The third-order valence-corrected chi connectivity index (χ3v) is 3.18. The fourth-order valence-corrected chi connectivity index (χ4v) is 1.71. The van der Waals surface area contributed by atoms with Gasteiger partial charge in [-0.1, -0.05) is 6.32 Å². The summed E-state index contributed by atoms with van der Waals surface area (Å²) in [6.07, 6.45) is 4.44. The molecule has 0 spiro atoms. The average molecular weight is 140 g/mol. The summed E-state index contributed by atoms with van der Waals surface area (Å²) in [4.78, 5) is 0. The Hall–Kier alpha value is 0.242. The van der Waals surface area contributed by atoms with Crippen LogP contribution in [-0.2, 0) is 4.74 Å². The second-order valence-corrected chi connectivity index (χ2v) is 4.78. The molecule has 1 aliphatic heterocycles. The Kier molecular flexibility index (Phi) is 2.36. The minimum atomic E-state index is 0.137. The predicted molar refractivity (Wildman–Crippen MR) is 43.0 cm³/mol. The van der Waals surface area contributed by atoms with Gasteiger partial charge in [0.05, 0.1) is 7.85 Å². The lowest BCUT2D eigenvalue weighted by molar-refractivity contribution is -0.00387. The molecular weight excluding hydrogens is 127 g/mol. The van der Waals surface area contributed by atoms with Gasteiger partial charge in [-0.05, 0) is 19.3 Å². The van der Waals surface area contributed by atoms with Crippen molar-refractivity contribution in [3.05, 3.63) is 0 Å². The minimum absolute atomic E-state index is 0.137. The molecular formula is C6H13BOSi. The number of ether oxygens (including phenoxy) is 1. The Morgan fingerprint density at radius 2 is 2.33 bits per heavy atom. The van der Waals surface area contributed by atoms with Gasteiger partial charge in [0.25, 0.3) is 0 Å². The lowest BCUT2D eigenvalue weighted by Crippen LogP contribution is -2.36. The molecule has 1 atom stereocenters. The zero-order valence-corrected chi connectivity index (χ0v) is 8.02. The number of rotatable bonds is 1. The number of hydrogen-bond donors (Lipinski definition) is 0. The quantitative estimate of drug-likeness (QED) is 0.459. The van der Waals surface area contributed by atoms with E-state index in [9.17, 15) is 0 Å². The summed E-state index contributed by atoms with van der Waals surface area (Å²) in [7, 11) is 6.63. The lowest BCUT2D eigenvalue weighted by atomic mass is 9.93. The maximum atomic E-state index is 5.55. The van der Waals surface area contributed by atoms with Crippen LogP contribution in [0, 0.1) is 0 Å². The van der Waals surface area contributed by atoms with Crippen molar-refractivity contribution in [3.8, 4) is 0 Å². The molecule has 1 fully saturated rings. The smallest absolute Gasteiger partial charge is 0.0687 e. The molecule has 0 aromatic rings. The van der Waals surface area contributed by atoms with Crippen LogP contribution in [-0.4, -0.2) is 29.9 Å². The van der Waals surface area contributed by atoms with E-state index >= 15 is 0 Å². The van der Waals surface area contributed by atoms with Gasteiger partial charge in [-0.25, -0.2) is 0 Å². The van der Waals surface area contributed by atoms with Gasteiger partial charge < -0.3 is 4.74 Å². The Morgan fingerprint density at radius 3 is 2.67 bits per heavy atom. The molecule has 0 N–H and O–H groups in total. The van der Waals surface area contributed by atoms with E-state index < -0.39 is 0 Å². The molecule has 0 saturated carbocycles. The second kappa shape index (κ2) is 2.88. The molecule has 50 valence electrons. The first-order chi connectivity index (χ1) is 4.27. The Balaban J connectivity index is 2.37. The molecule has 1 heterocycles. The van der Waals surface area contributed by atoms with Gasteiger partial charge in [-0.15, -0.1) is 0 Å². The molecule has 1 unspecified atom stereocenters. The van der Waals surface area contributed by atoms with Gasteiger partial charge in [0.2, 0.25) is 0 Å². The fourth-order valence-electron chi connectivity index (χ4n) is 1.15. The maximum absolute atomic E-state index is 5.55. The Labute approximate surface area is 61.0 Å². The zero-order chi connectivity index (χ0) is 6.74. The highest BCUT2D eigenvalue weighted by Gasteiger charge is 2.24. The standard InChI is InChI=1S/C6H13BOSi/c7-5-6(9)3-1-2-4-8-6/h1-5H2,9H3. The molecule has 1 rings (SSSR count).